The first-order valence-electron chi connectivity index (χ1n) is 12.6. The highest BCUT2D eigenvalue weighted by Crippen LogP contribution is 2.30. The fourth-order valence-corrected chi connectivity index (χ4v) is 5.11. The first kappa shape index (κ1) is 27.1. The zero-order valence-electron chi connectivity index (χ0n) is 21.8. The van der Waals surface area contributed by atoms with E-state index in [9.17, 15) is 14.4 Å². The van der Waals surface area contributed by atoms with Gasteiger partial charge in [0.1, 0.15) is 17.2 Å². The molecule has 0 radical (unpaired) electrons. The van der Waals surface area contributed by atoms with Crippen LogP contribution in [-0.2, 0) is 4.79 Å². The van der Waals surface area contributed by atoms with Crippen LogP contribution in [0.1, 0.15) is 62.7 Å². The highest BCUT2D eigenvalue weighted by Gasteiger charge is 2.26. The lowest BCUT2D eigenvalue weighted by atomic mass is 9.97. The Labute approximate surface area is 226 Å². The average molecular weight is 537 g/mol. The molecule has 1 aromatic heterocycles. The summed E-state index contributed by atoms with van der Waals surface area (Å²) in [6.45, 7) is 7.63. The molecule has 9 nitrogen and oxygen atoms in total. The predicted octanol–water partition coefficient (Wildman–Crippen LogP) is 4.02. The smallest absolute Gasteiger partial charge is 0.289 e. The van der Waals surface area contributed by atoms with Crippen LogP contribution in [0.2, 0.25) is 0 Å². The molecule has 0 atom stereocenters. The Morgan fingerprint density at radius 2 is 1.71 bits per heavy atom. The largest absolute Gasteiger partial charge is 0.494 e. The molecule has 2 heterocycles. The molecule has 0 aliphatic carbocycles. The third-order valence-corrected chi connectivity index (χ3v) is 7.50. The Morgan fingerprint density at radius 1 is 0.974 bits per heavy atom. The maximum atomic E-state index is 12.6. The number of likely N-dealkylation sites (tertiary alicyclic amines) is 1. The number of amides is 3. The van der Waals surface area contributed by atoms with Gasteiger partial charge in [0.25, 0.3) is 17.7 Å². The summed E-state index contributed by atoms with van der Waals surface area (Å²) in [4.78, 5) is 43.9. The van der Waals surface area contributed by atoms with Crippen molar-refractivity contribution >= 4 is 29.1 Å². The molecule has 0 unspecified atom stereocenters. The fourth-order valence-electron chi connectivity index (χ4n) is 4.14. The number of ether oxygens (including phenoxy) is 2. The van der Waals surface area contributed by atoms with Crippen LogP contribution in [-0.4, -0.2) is 53.9 Å². The number of hydrazine groups is 1. The van der Waals surface area contributed by atoms with Gasteiger partial charge < -0.3 is 14.4 Å². The van der Waals surface area contributed by atoms with Gasteiger partial charge in [-0.3, -0.25) is 25.2 Å². The number of aromatic nitrogens is 1. The number of carbonyl (C=O) groups excluding carboxylic acids is 3. The van der Waals surface area contributed by atoms with Gasteiger partial charge in [0.05, 0.1) is 11.6 Å². The summed E-state index contributed by atoms with van der Waals surface area (Å²) in [5, 5.41) is 2.53. The minimum Gasteiger partial charge on any atom is -0.494 e. The number of nitrogens with zero attached hydrogens (tertiary/aromatic N) is 2. The van der Waals surface area contributed by atoms with Crippen molar-refractivity contribution in [2.24, 2.45) is 0 Å². The van der Waals surface area contributed by atoms with Gasteiger partial charge in [-0.1, -0.05) is 12.1 Å². The first-order valence-corrected chi connectivity index (χ1v) is 13.5. The molecule has 38 heavy (non-hydrogen) atoms. The second kappa shape index (κ2) is 12.6. The molecule has 3 amide bonds. The van der Waals surface area contributed by atoms with Gasteiger partial charge in [-0.15, -0.1) is 11.3 Å². The molecule has 10 heteroatoms. The van der Waals surface area contributed by atoms with Crippen LogP contribution >= 0.6 is 11.3 Å². The molecular weight excluding hydrogens is 504 g/mol. The summed E-state index contributed by atoms with van der Waals surface area (Å²) < 4.78 is 11.1. The van der Waals surface area contributed by atoms with Gasteiger partial charge in [-0.2, -0.15) is 0 Å². The molecule has 1 aliphatic heterocycles. The Hall–Kier alpha value is -3.92. The topological polar surface area (TPSA) is 110 Å². The molecule has 4 rings (SSSR count). The molecule has 1 aliphatic rings. The zero-order chi connectivity index (χ0) is 27.1. The highest BCUT2D eigenvalue weighted by molar-refractivity contribution is 7.09. The maximum absolute atomic E-state index is 12.6. The van der Waals surface area contributed by atoms with Crippen molar-refractivity contribution in [3.8, 4) is 11.5 Å². The average Bonchev–Trinajstić information content (AvgIpc) is 3.43. The lowest BCUT2D eigenvalue weighted by Gasteiger charge is -2.31. The normalized spacial score (nSPS) is 13.6. The second-order valence-electron chi connectivity index (χ2n) is 9.13. The monoisotopic (exact) mass is 536 g/mol. The van der Waals surface area contributed by atoms with E-state index < -0.39 is 11.8 Å². The number of thiazole rings is 1. The third-order valence-electron chi connectivity index (χ3n) is 6.49. The molecule has 0 spiro atoms. The van der Waals surface area contributed by atoms with Gasteiger partial charge in [-0.25, -0.2) is 4.98 Å². The van der Waals surface area contributed by atoms with Crippen molar-refractivity contribution in [2.75, 3.05) is 26.3 Å². The van der Waals surface area contributed by atoms with E-state index in [0.29, 0.717) is 36.8 Å². The third kappa shape index (κ3) is 6.89. The summed E-state index contributed by atoms with van der Waals surface area (Å²) in [6.07, 6.45) is 1.52. The first-order chi connectivity index (χ1) is 18.3. The zero-order valence-corrected chi connectivity index (χ0v) is 22.6. The SMILES string of the molecule is CCOc1cccc(C(=O)NNC(=O)c2csc(C3CCN(C(=O)COc4ccc(C)c(C)c4)CC3)n2)c1. The number of piperidine rings is 1. The number of hydrogen-bond acceptors (Lipinski definition) is 7. The molecule has 1 fully saturated rings. The quantitative estimate of drug-likeness (QED) is 0.421. The van der Waals surface area contributed by atoms with Crippen LogP contribution in [0.4, 0.5) is 0 Å². The fraction of sp³-hybridized carbons (Fsp3) is 0.357. The minimum absolute atomic E-state index is 0.0103. The Bertz CT molecular complexity index is 1300. The van der Waals surface area contributed by atoms with E-state index in [4.69, 9.17) is 9.47 Å². The maximum Gasteiger partial charge on any atom is 0.289 e. The van der Waals surface area contributed by atoms with Crippen LogP contribution in [0.5, 0.6) is 11.5 Å². The van der Waals surface area contributed by atoms with Crippen LogP contribution < -0.4 is 20.3 Å². The number of carbonyl (C=O) groups is 3. The van der Waals surface area contributed by atoms with E-state index in [1.165, 1.54) is 16.9 Å². The van der Waals surface area contributed by atoms with Gasteiger partial charge in [0.2, 0.25) is 0 Å². The summed E-state index contributed by atoms with van der Waals surface area (Å²) >= 11 is 1.41. The van der Waals surface area contributed by atoms with E-state index in [-0.39, 0.29) is 24.1 Å². The molecule has 2 N–H and O–H groups in total. The Morgan fingerprint density at radius 3 is 2.45 bits per heavy atom. The molecule has 1 saturated heterocycles. The Balaban J connectivity index is 1.23. The van der Waals surface area contributed by atoms with Crippen molar-refractivity contribution in [1.29, 1.82) is 0 Å². The molecule has 2 aromatic carbocycles. The standard InChI is InChI=1S/C28H32N4O5S/c1-4-36-22-7-5-6-21(15-22)26(34)30-31-27(35)24-17-38-28(29-24)20-10-12-32(13-11-20)25(33)16-37-23-9-8-18(2)19(3)14-23/h5-9,14-15,17,20H,4,10-13,16H2,1-3H3,(H,30,34)(H,31,35). The number of rotatable bonds is 8. The second-order valence-corrected chi connectivity index (χ2v) is 10.0. The van der Waals surface area contributed by atoms with Crippen LogP contribution in [0.15, 0.2) is 47.8 Å². The van der Waals surface area contributed by atoms with Gasteiger partial charge in [0, 0.05) is 30.0 Å². The summed E-state index contributed by atoms with van der Waals surface area (Å²) in [5.41, 5.74) is 7.76. The molecular formula is C28H32N4O5S. The molecule has 0 saturated carbocycles. The van der Waals surface area contributed by atoms with E-state index >= 15 is 0 Å². The summed E-state index contributed by atoms with van der Waals surface area (Å²) in [6, 6.07) is 12.5. The lowest BCUT2D eigenvalue weighted by Crippen LogP contribution is -2.42. The number of hydrogen-bond donors (Lipinski definition) is 2. The summed E-state index contributed by atoms with van der Waals surface area (Å²) in [7, 11) is 0. The van der Waals surface area contributed by atoms with E-state index in [1.807, 2.05) is 43.9 Å². The number of aryl methyl sites for hydroxylation is 2. The predicted molar refractivity (Wildman–Crippen MR) is 145 cm³/mol. The highest BCUT2D eigenvalue weighted by atomic mass is 32.1. The van der Waals surface area contributed by atoms with Crippen LogP contribution in [0, 0.1) is 13.8 Å². The van der Waals surface area contributed by atoms with E-state index in [1.54, 1.807) is 29.6 Å². The van der Waals surface area contributed by atoms with Crippen molar-refractivity contribution < 1.29 is 23.9 Å². The van der Waals surface area contributed by atoms with Crippen molar-refractivity contribution in [1.82, 2.24) is 20.7 Å². The van der Waals surface area contributed by atoms with E-state index in [0.717, 1.165) is 23.4 Å². The van der Waals surface area contributed by atoms with Crippen LogP contribution in [0.3, 0.4) is 0 Å². The van der Waals surface area contributed by atoms with Crippen molar-refractivity contribution in [3.63, 3.8) is 0 Å². The van der Waals surface area contributed by atoms with Crippen molar-refractivity contribution in [2.45, 2.75) is 39.5 Å². The van der Waals surface area contributed by atoms with Gasteiger partial charge in [-0.05, 0) is 75.1 Å². The summed E-state index contributed by atoms with van der Waals surface area (Å²) in [5.74, 6) is 0.467. The van der Waals surface area contributed by atoms with Crippen molar-refractivity contribution in [3.05, 3.63) is 75.2 Å². The molecule has 3 aromatic rings. The molecule has 0 bridgehead atoms. The lowest BCUT2D eigenvalue weighted by molar-refractivity contribution is -0.134. The van der Waals surface area contributed by atoms with Gasteiger partial charge >= 0.3 is 0 Å². The number of nitrogens with one attached hydrogen (secondary N) is 2. The minimum atomic E-state index is -0.488. The number of benzene rings is 2. The van der Waals surface area contributed by atoms with E-state index in [2.05, 4.69) is 15.8 Å². The van der Waals surface area contributed by atoms with Gasteiger partial charge in [0.15, 0.2) is 6.61 Å². The molecule has 200 valence electrons. The Kier molecular flexibility index (Phi) is 8.96. The van der Waals surface area contributed by atoms with Crippen LogP contribution in [0.25, 0.3) is 0 Å².